The third kappa shape index (κ3) is 4.65. The zero-order chi connectivity index (χ0) is 22.0. The van der Waals surface area contributed by atoms with Crippen molar-refractivity contribution in [2.24, 2.45) is 0 Å². The summed E-state index contributed by atoms with van der Waals surface area (Å²) >= 11 is 5.89. The Hall–Kier alpha value is -2.69. The highest BCUT2D eigenvalue weighted by atomic mass is 35.5. The number of piperazine rings is 2. The van der Waals surface area contributed by atoms with Gasteiger partial charge in [0, 0.05) is 51.0 Å². The van der Waals surface area contributed by atoms with Crippen molar-refractivity contribution in [1.82, 2.24) is 19.5 Å². The van der Waals surface area contributed by atoms with Crippen molar-refractivity contribution in [3.05, 3.63) is 53.2 Å². The fourth-order valence-corrected chi connectivity index (χ4v) is 5.19. The smallest absolute Gasteiger partial charge is 0.254 e. The number of halogens is 1. The third-order valence-electron chi connectivity index (χ3n) is 5.32. The van der Waals surface area contributed by atoms with Gasteiger partial charge in [-0.05, 0) is 30.3 Å². The summed E-state index contributed by atoms with van der Waals surface area (Å²) in [5.74, 6) is 0.238. The van der Waals surface area contributed by atoms with Gasteiger partial charge in [0.05, 0.1) is 16.5 Å². The van der Waals surface area contributed by atoms with Gasteiger partial charge in [-0.25, -0.2) is 13.4 Å². The van der Waals surface area contributed by atoms with Gasteiger partial charge in [-0.1, -0.05) is 17.7 Å². The van der Waals surface area contributed by atoms with Crippen LogP contribution in [0.25, 0.3) is 0 Å². The normalized spacial score (nSPS) is 18.0. The molecule has 3 heterocycles. The summed E-state index contributed by atoms with van der Waals surface area (Å²) in [7, 11) is -3.86. The molecule has 31 heavy (non-hydrogen) atoms. The fourth-order valence-electron chi connectivity index (χ4n) is 3.64. The average molecular weight is 464 g/mol. The SMILES string of the molecule is O=C1CN(S(=O)(=O)c2cccc(C(=O)N3CCN(c4ccc(Cl)cn4)CC3)c2)CCN1. The molecule has 2 saturated heterocycles. The molecule has 2 aliphatic heterocycles. The van der Waals surface area contributed by atoms with Crippen LogP contribution >= 0.6 is 11.6 Å². The van der Waals surface area contributed by atoms with Crippen LogP contribution in [0.2, 0.25) is 5.02 Å². The van der Waals surface area contributed by atoms with Gasteiger partial charge in [0.2, 0.25) is 15.9 Å². The van der Waals surface area contributed by atoms with Gasteiger partial charge in [-0.2, -0.15) is 4.31 Å². The molecule has 2 fully saturated rings. The average Bonchev–Trinajstić information content (AvgIpc) is 2.79. The number of nitrogens with zero attached hydrogens (tertiary/aromatic N) is 4. The van der Waals surface area contributed by atoms with E-state index in [1.165, 1.54) is 12.1 Å². The number of nitrogens with one attached hydrogen (secondary N) is 1. The molecule has 0 unspecified atom stereocenters. The number of carbonyl (C=O) groups is 2. The summed E-state index contributed by atoms with van der Waals surface area (Å²) < 4.78 is 26.9. The van der Waals surface area contributed by atoms with Crippen molar-refractivity contribution in [2.75, 3.05) is 50.7 Å². The second-order valence-electron chi connectivity index (χ2n) is 7.33. The van der Waals surface area contributed by atoms with E-state index in [1.54, 1.807) is 29.3 Å². The van der Waals surface area contributed by atoms with Gasteiger partial charge in [0.25, 0.3) is 5.91 Å². The first-order valence-corrected chi connectivity index (χ1v) is 11.7. The molecule has 0 aliphatic carbocycles. The summed E-state index contributed by atoms with van der Waals surface area (Å²) in [6.07, 6.45) is 1.59. The lowest BCUT2D eigenvalue weighted by molar-refractivity contribution is -0.122. The van der Waals surface area contributed by atoms with Crippen LogP contribution in [0, 0.1) is 0 Å². The Morgan fingerprint density at radius 1 is 1.06 bits per heavy atom. The number of amides is 2. The molecule has 0 atom stereocenters. The van der Waals surface area contributed by atoms with Crippen molar-refractivity contribution in [2.45, 2.75) is 4.90 Å². The number of aromatic nitrogens is 1. The molecule has 11 heteroatoms. The second kappa shape index (κ2) is 8.81. The summed E-state index contributed by atoms with van der Waals surface area (Å²) in [4.78, 5) is 32.7. The largest absolute Gasteiger partial charge is 0.354 e. The Labute approximate surface area is 185 Å². The lowest BCUT2D eigenvalue weighted by Crippen LogP contribution is -2.50. The lowest BCUT2D eigenvalue weighted by atomic mass is 10.2. The minimum Gasteiger partial charge on any atom is -0.354 e. The molecule has 0 radical (unpaired) electrons. The van der Waals surface area contributed by atoms with Gasteiger partial charge in [-0.15, -0.1) is 0 Å². The van der Waals surface area contributed by atoms with Crippen LogP contribution < -0.4 is 10.2 Å². The van der Waals surface area contributed by atoms with Crippen LogP contribution in [0.15, 0.2) is 47.5 Å². The highest BCUT2D eigenvalue weighted by Gasteiger charge is 2.30. The van der Waals surface area contributed by atoms with Gasteiger partial charge in [0.1, 0.15) is 5.82 Å². The van der Waals surface area contributed by atoms with Gasteiger partial charge in [-0.3, -0.25) is 9.59 Å². The van der Waals surface area contributed by atoms with Crippen LogP contribution in [-0.4, -0.2) is 80.2 Å². The Morgan fingerprint density at radius 3 is 2.52 bits per heavy atom. The quantitative estimate of drug-likeness (QED) is 0.720. The maximum Gasteiger partial charge on any atom is 0.254 e. The summed E-state index contributed by atoms with van der Waals surface area (Å²) in [5.41, 5.74) is 0.306. The number of carbonyl (C=O) groups excluding carboxylic acids is 2. The zero-order valence-electron chi connectivity index (χ0n) is 16.7. The fraction of sp³-hybridized carbons (Fsp3) is 0.350. The van der Waals surface area contributed by atoms with E-state index in [-0.39, 0.29) is 36.3 Å². The molecule has 4 rings (SSSR count). The maximum absolute atomic E-state index is 13.0. The number of hydrogen-bond donors (Lipinski definition) is 1. The van der Waals surface area contributed by atoms with E-state index in [0.717, 1.165) is 10.1 Å². The lowest BCUT2D eigenvalue weighted by Gasteiger charge is -2.35. The molecular formula is C20H22ClN5O4S. The highest BCUT2D eigenvalue weighted by Crippen LogP contribution is 2.20. The van der Waals surface area contributed by atoms with Crippen molar-refractivity contribution >= 4 is 39.3 Å². The van der Waals surface area contributed by atoms with E-state index in [2.05, 4.69) is 15.2 Å². The van der Waals surface area contributed by atoms with E-state index >= 15 is 0 Å². The number of benzene rings is 1. The van der Waals surface area contributed by atoms with Crippen molar-refractivity contribution in [1.29, 1.82) is 0 Å². The zero-order valence-corrected chi connectivity index (χ0v) is 18.3. The Kier molecular flexibility index (Phi) is 6.12. The summed E-state index contributed by atoms with van der Waals surface area (Å²) in [6, 6.07) is 9.61. The van der Waals surface area contributed by atoms with E-state index in [0.29, 0.717) is 36.8 Å². The first-order chi connectivity index (χ1) is 14.8. The predicted molar refractivity (Wildman–Crippen MR) is 116 cm³/mol. The maximum atomic E-state index is 13.0. The second-order valence-corrected chi connectivity index (χ2v) is 9.70. The number of hydrogen-bond acceptors (Lipinski definition) is 6. The van der Waals surface area contributed by atoms with E-state index < -0.39 is 10.0 Å². The van der Waals surface area contributed by atoms with E-state index in [1.807, 2.05) is 6.07 Å². The molecule has 2 aliphatic rings. The Morgan fingerprint density at radius 2 is 1.84 bits per heavy atom. The Bertz CT molecular complexity index is 1090. The first-order valence-electron chi connectivity index (χ1n) is 9.87. The first kappa shape index (κ1) is 21.5. The molecule has 1 aromatic heterocycles. The summed E-state index contributed by atoms with van der Waals surface area (Å²) in [6.45, 7) is 2.46. The van der Waals surface area contributed by atoms with Gasteiger partial charge >= 0.3 is 0 Å². The molecule has 2 amide bonds. The molecule has 1 N–H and O–H groups in total. The monoisotopic (exact) mass is 463 g/mol. The highest BCUT2D eigenvalue weighted by molar-refractivity contribution is 7.89. The molecule has 1 aromatic carbocycles. The predicted octanol–water partition coefficient (Wildman–Crippen LogP) is 0.818. The van der Waals surface area contributed by atoms with Crippen molar-refractivity contribution in [3.8, 4) is 0 Å². The molecule has 9 nitrogen and oxygen atoms in total. The number of sulfonamides is 1. The molecular weight excluding hydrogens is 442 g/mol. The van der Waals surface area contributed by atoms with Crippen LogP contribution in [0.3, 0.4) is 0 Å². The molecule has 164 valence electrons. The minimum atomic E-state index is -3.86. The molecule has 0 saturated carbocycles. The Balaban J connectivity index is 1.45. The topological polar surface area (TPSA) is 103 Å². The third-order valence-corrected chi connectivity index (χ3v) is 7.39. The molecule has 0 spiro atoms. The number of rotatable bonds is 4. The van der Waals surface area contributed by atoms with Crippen molar-refractivity contribution in [3.63, 3.8) is 0 Å². The van der Waals surface area contributed by atoms with Crippen LogP contribution in [-0.2, 0) is 14.8 Å². The van der Waals surface area contributed by atoms with Gasteiger partial charge in [0.15, 0.2) is 0 Å². The molecule has 0 bridgehead atoms. The summed E-state index contributed by atoms with van der Waals surface area (Å²) in [5, 5.41) is 3.17. The minimum absolute atomic E-state index is 0.0112. The van der Waals surface area contributed by atoms with E-state index in [9.17, 15) is 18.0 Å². The molecule has 2 aromatic rings. The van der Waals surface area contributed by atoms with E-state index in [4.69, 9.17) is 11.6 Å². The van der Waals surface area contributed by atoms with Crippen LogP contribution in [0.5, 0.6) is 0 Å². The number of anilines is 1. The van der Waals surface area contributed by atoms with Gasteiger partial charge < -0.3 is 15.1 Å². The standard InChI is InChI=1S/C20H22ClN5O4S/c21-16-4-5-18(23-13-16)24-8-10-25(11-9-24)20(28)15-2-1-3-17(12-15)31(29,30)26-7-6-22-19(27)14-26/h1-5,12-13H,6-11,14H2,(H,22,27). The van der Waals surface area contributed by atoms with Crippen molar-refractivity contribution < 1.29 is 18.0 Å². The van der Waals surface area contributed by atoms with Crippen LogP contribution in [0.1, 0.15) is 10.4 Å². The van der Waals surface area contributed by atoms with Crippen LogP contribution in [0.4, 0.5) is 5.82 Å². The number of pyridine rings is 1.